The van der Waals surface area contributed by atoms with Gasteiger partial charge in [-0.1, -0.05) is 0 Å². The maximum Gasteiger partial charge on any atom is 0.184 e. The standard InChI is InChI=1S/C7H12O4/c1-4-5(8)3-6(9)7(10-2)11-4/h4,6-7,9H,3H2,1-2H3/t4-,6+,7-/m0/s1. The summed E-state index contributed by atoms with van der Waals surface area (Å²) >= 11 is 0. The Morgan fingerprint density at radius 3 is 2.91 bits per heavy atom. The first-order valence-corrected chi connectivity index (χ1v) is 3.54. The van der Waals surface area contributed by atoms with Gasteiger partial charge in [0.15, 0.2) is 12.1 Å². The lowest BCUT2D eigenvalue weighted by Gasteiger charge is -2.29. The number of carbonyl (C=O) groups is 1. The normalized spacial score (nSPS) is 39.2. The number of methoxy groups -OCH3 is 1. The van der Waals surface area contributed by atoms with Crippen molar-refractivity contribution in [3.63, 3.8) is 0 Å². The highest BCUT2D eigenvalue weighted by Gasteiger charge is 2.33. The molecule has 1 fully saturated rings. The van der Waals surface area contributed by atoms with Gasteiger partial charge in [-0.15, -0.1) is 0 Å². The van der Waals surface area contributed by atoms with Gasteiger partial charge in [-0.05, 0) is 6.92 Å². The van der Waals surface area contributed by atoms with E-state index < -0.39 is 18.5 Å². The molecule has 1 rings (SSSR count). The van der Waals surface area contributed by atoms with Crippen molar-refractivity contribution in [3.8, 4) is 0 Å². The molecular formula is C7H12O4. The Labute approximate surface area is 65.1 Å². The van der Waals surface area contributed by atoms with Crippen LogP contribution < -0.4 is 0 Å². The highest BCUT2D eigenvalue weighted by molar-refractivity contribution is 5.83. The molecule has 3 atom stereocenters. The fraction of sp³-hybridized carbons (Fsp3) is 0.857. The molecule has 1 N–H and O–H groups in total. The molecule has 0 aromatic rings. The number of carbonyl (C=O) groups excluding carboxylic acids is 1. The van der Waals surface area contributed by atoms with E-state index in [9.17, 15) is 9.90 Å². The van der Waals surface area contributed by atoms with E-state index in [1.165, 1.54) is 7.11 Å². The molecule has 1 aliphatic heterocycles. The zero-order valence-corrected chi connectivity index (χ0v) is 6.61. The number of hydrogen-bond donors (Lipinski definition) is 1. The van der Waals surface area contributed by atoms with Crippen LogP contribution in [0.1, 0.15) is 13.3 Å². The first kappa shape index (κ1) is 8.64. The third-order valence-electron chi connectivity index (χ3n) is 1.75. The van der Waals surface area contributed by atoms with Gasteiger partial charge in [0.25, 0.3) is 0 Å². The fourth-order valence-corrected chi connectivity index (χ4v) is 1.05. The van der Waals surface area contributed by atoms with Crippen LogP contribution in [0.2, 0.25) is 0 Å². The van der Waals surface area contributed by atoms with Crippen molar-refractivity contribution in [1.82, 2.24) is 0 Å². The Bertz CT molecular complexity index is 157. The minimum Gasteiger partial charge on any atom is -0.387 e. The molecule has 0 radical (unpaired) electrons. The second-order valence-electron chi connectivity index (χ2n) is 2.62. The lowest BCUT2D eigenvalue weighted by atomic mass is 10.1. The Balaban J connectivity index is 2.54. The Morgan fingerprint density at radius 1 is 1.73 bits per heavy atom. The first-order valence-electron chi connectivity index (χ1n) is 3.54. The summed E-state index contributed by atoms with van der Waals surface area (Å²) in [5.41, 5.74) is 0. The second kappa shape index (κ2) is 3.30. The van der Waals surface area contributed by atoms with E-state index in [0.717, 1.165) is 0 Å². The van der Waals surface area contributed by atoms with Crippen LogP contribution in [0, 0.1) is 0 Å². The maximum absolute atomic E-state index is 10.9. The Morgan fingerprint density at radius 2 is 2.36 bits per heavy atom. The van der Waals surface area contributed by atoms with Gasteiger partial charge in [0.1, 0.15) is 12.2 Å². The highest BCUT2D eigenvalue weighted by Crippen LogP contribution is 2.16. The third kappa shape index (κ3) is 1.77. The van der Waals surface area contributed by atoms with Crippen LogP contribution in [0.3, 0.4) is 0 Å². The molecule has 4 heteroatoms. The van der Waals surface area contributed by atoms with Crippen LogP contribution in [0.15, 0.2) is 0 Å². The molecular weight excluding hydrogens is 148 g/mol. The van der Waals surface area contributed by atoms with Crippen LogP contribution in [0.4, 0.5) is 0 Å². The molecule has 0 aliphatic carbocycles. The highest BCUT2D eigenvalue weighted by atomic mass is 16.7. The van der Waals surface area contributed by atoms with Gasteiger partial charge in [0.05, 0.1) is 0 Å². The van der Waals surface area contributed by atoms with E-state index in [1.54, 1.807) is 6.92 Å². The SMILES string of the molecule is CO[C@H]1O[C@@H](C)C(=O)C[C@H]1O. The minimum absolute atomic E-state index is 0.0780. The predicted molar refractivity (Wildman–Crippen MR) is 37.0 cm³/mol. The van der Waals surface area contributed by atoms with Gasteiger partial charge in [-0.3, -0.25) is 4.79 Å². The van der Waals surface area contributed by atoms with Crippen LogP contribution in [-0.2, 0) is 14.3 Å². The summed E-state index contributed by atoms with van der Waals surface area (Å²) in [5.74, 6) is -0.0780. The monoisotopic (exact) mass is 160 g/mol. The predicted octanol–water partition coefficient (Wildman–Crippen LogP) is -0.302. The average Bonchev–Trinajstić information content (AvgIpc) is 1.97. The fourth-order valence-electron chi connectivity index (χ4n) is 1.05. The van der Waals surface area contributed by atoms with E-state index in [2.05, 4.69) is 0 Å². The quantitative estimate of drug-likeness (QED) is 0.572. The Kier molecular flexibility index (Phi) is 2.59. The van der Waals surface area contributed by atoms with Gasteiger partial charge in [0, 0.05) is 13.5 Å². The van der Waals surface area contributed by atoms with Crippen molar-refractivity contribution in [2.24, 2.45) is 0 Å². The number of ether oxygens (including phenoxy) is 2. The van der Waals surface area contributed by atoms with Crippen molar-refractivity contribution >= 4 is 5.78 Å². The van der Waals surface area contributed by atoms with Crippen molar-refractivity contribution in [3.05, 3.63) is 0 Å². The van der Waals surface area contributed by atoms with Crippen molar-refractivity contribution < 1.29 is 19.4 Å². The van der Waals surface area contributed by atoms with Gasteiger partial charge in [-0.25, -0.2) is 0 Å². The van der Waals surface area contributed by atoms with Crippen LogP contribution >= 0.6 is 0 Å². The first-order chi connectivity index (χ1) is 5.15. The van der Waals surface area contributed by atoms with Crippen molar-refractivity contribution in [1.29, 1.82) is 0 Å². The van der Waals surface area contributed by atoms with E-state index in [0.29, 0.717) is 0 Å². The summed E-state index contributed by atoms with van der Waals surface area (Å²) in [6.07, 6.45) is -1.80. The third-order valence-corrected chi connectivity index (χ3v) is 1.75. The van der Waals surface area contributed by atoms with Crippen LogP contribution in [0.25, 0.3) is 0 Å². The van der Waals surface area contributed by atoms with Gasteiger partial charge in [-0.2, -0.15) is 0 Å². The Hall–Kier alpha value is -0.450. The molecule has 0 amide bonds. The lowest BCUT2D eigenvalue weighted by molar-refractivity contribution is -0.219. The molecule has 0 bridgehead atoms. The maximum atomic E-state index is 10.9. The van der Waals surface area contributed by atoms with Crippen LogP contribution in [-0.4, -0.2) is 36.5 Å². The zero-order chi connectivity index (χ0) is 8.43. The topological polar surface area (TPSA) is 55.8 Å². The molecule has 11 heavy (non-hydrogen) atoms. The summed E-state index contributed by atoms with van der Waals surface area (Å²) in [7, 11) is 1.44. The van der Waals surface area contributed by atoms with E-state index in [1.807, 2.05) is 0 Å². The molecule has 0 spiro atoms. The summed E-state index contributed by atoms with van der Waals surface area (Å²) in [6.45, 7) is 1.65. The van der Waals surface area contributed by atoms with Crippen LogP contribution in [0.5, 0.6) is 0 Å². The second-order valence-corrected chi connectivity index (χ2v) is 2.62. The average molecular weight is 160 g/mol. The minimum atomic E-state index is -0.816. The number of hydrogen-bond acceptors (Lipinski definition) is 4. The van der Waals surface area contributed by atoms with Gasteiger partial charge in [0.2, 0.25) is 0 Å². The molecule has 4 nitrogen and oxygen atoms in total. The molecule has 0 saturated carbocycles. The number of aliphatic hydroxyl groups is 1. The number of rotatable bonds is 1. The molecule has 0 aromatic heterocycles. The lowest BCUT2D eigenvalue weighted by Crippen LogP contribution is -2.44. The number of aliphatic hydroxyl groups excluding tert-OH is 1. The van der Waals surface area contributed by atoms with Crippen molar-refractivity contribution in [2.45, 2.75) is 31.8 Å². The molecule has 1 aliphatic rings. The summed E-state index contributed by atoms with van der Waals surface area (Å²) < 4.78 is 9.84. The van der Waals surface area contributed by atoms with Crippen molar-refractivity contribution in [2.75, 3.05) is 7.11 Å². The largest absolute Gasteiger partial charge is 0.387 e. The van der Waals surface area contributed by atoms with Gasteiger partial charge >= 0.3 is 0 Å². The zero-order valence-electron chi connectivity index (χ0n) is 6.61. The number of Topliss-reactive ketones (excluding diaryl/α,β-unsaturated/α-hetero) is 1. The summed E-state index contributed by atoms with van der Waals surface area (Å²) in [4.78, 5) is 10.9. The van der Waals surface area contributed by atoms with E-state index in [-0.39, 0.29) is 12.2 Å². The van der Waals surface area contributed by atoms with Gasteiger partial charge < -0.3 is 14.6 Å². The summed E-state index contributed by atoms with van der Waals surface area (Å²) in [6, 6.07) is 0. The smallest absolute Gasteiger partial charge is 0.184 e. The molecule has 1 heterocycles. The van der Waals surface area contributed by atoms with E-state index in [4.69, 9.17) is 9.47 Å². The molecule has 64 valence electrons. The summed E-state index contributed by atoms with van der Waals surface area (Å²) in [5, 5.41) is 9.19. The molecule has 0 unspecified atom stereocenters. The molecule has 1 saturated heterocycles. The molecule has 0 aromatic carbocycles. The van der Waals surface area contributed by atoms with E-state index >= 15 is 0 Å². The number of ketones is 1.